The van der Waals surface area contributed by atoms with Crippen LogP contribution in [0.3, 0.4) is 0 Å². The van der Waals surface area contributed by atoms with Gasteiger partial charge >= 0.3 is 0 Å². The minimum absolute atomic E-state index is 0.0248. The van der Waals surface area contributed by atoms with E-state index in [1.807, 2.05) is 31.2 Å². The second kappa shape index (κ2) is 11.3. The summed E-state index contributed by atoms with van der Waals surface area (Å²) in [5.74, 6) is -1.47. The molecule has 0 aliphatic carbocycles. The van der Waals surface area contributed by atoms with E-state index >= 15 is 0 Å². The third-order valence-electron chi connectivity index (χ3n) is 5.61. The third kappa shape index (κ3) is 5.69. The van der Waals surface area contributed by atoms with Gasteiger partial charge in [-0.1, -0.05) is 63.1 Å². The molecule has 0 spiro atoms. The molecule has 0 aromatic heterocycles. The molecule has 3 rings (SSSR count). The maximum Gasteiger partial charge on any atom is 0.201 e. The molecule has 162 valence electrons. The van der Waals surface area contributed by atoms with Crippen LogP contribution in [0.1, 0.15) is 63.9 Å². The Morgan fingerprint density at radius 2 is 1.80 bits per heavy atom. The van der Waals surface area contributed by atoms with Crippen molar-refractivity contribution in [2.24, 2.45) is 0 Å². The van der Waals surface area contributed by atoms with E-state index in [1.165, 1.54) is 11.6 Å². The van der Waals surface area contributed by atoms with E-state index in [1.54, 1.807) is 6.07 Å². The summed E-state index contributed by atoms with van der Waals surface area (Å²) in [6, 6.07) is 10.8. The van der Waals surface area contributed by atoms with Gasteiger partial charge in [0.25, 0.3) is 0 Å². The number of benzene rings is 2. The summed E-state index contributed by atoms with van der Waals surface area (Å²) in [5.41, 5.74) is 2.09. The second-order valence-corrected chi connectivity index (χ2v) is 7.93. The average Bonchev–Trinajstić information content (AvgIpc) is 2.78. The maximum atomic E-state index is 14.6. The van der Waals surface area contributed by atoms with Crippen molar-refractivity contribution in [3.05, 3.63) is 65.7 Å². The molecule has 2 nitrogen and oxygen atoms in total. The first-order chi connectivity index (χ1) is 14.6. The van der Waals surface area contributed by atoms with Crippen molar-refractivity contribution >= 4 is 0 Å². The average molecular weight is 415 g/mol. The Hall–Kier alpha value is -2.20. The molecule has 1 heterocycles. The predicted molar refractivity (Wildman–Crippen MR) is 118 cm³/mol. The van der Waals surface area contributed by atoms with Crippen molar-refractivity contribution in [3.8, 4) is 16.9 Å². The van der Waals surface area contributed by atoms with E-state index < -0.39 is 11.6 Å². The molecule has 0 N–H and O–H groups in total. The van der Waals surface area contributed by atoms with Crippen molar-refractivity contribution in [2.75, 3.05) is 13.2 Å². The van der Waals surface area contributed by atoms with Gasteiger partial charge in [0.05, 0.1) is 19.3 Å². The van der Waals surface area contributed by atoms with Gasteiger partial charge in [0.2, 0.25) is 5.82 Å². The number of hydrogen-bond acceptors (Lipinski definition) is 2. The van der Waals surface area contributed by atoms with Gasteiger partial charge in [-0.2, -0.15) is 4.39 Å². The summed E-state index contributed by atoms with van der Waals surface area (Å²) in [5, 5.41) is 0. The van der Waals surface area contributed by atoms with Crippen LogP contribution < -0.4 is 4.74 Å². The zero-order valence-corrected chi connectivity index (χ0v) is 18.0. The SMILES string of the molecule is CCCC=CC1CCC(c2ccc(-c3ccc(OCCCC)c(F)c3F)cc2)CO1. The molecule has 2 atom stereocenters. The Morgan fingerprint density at radius 1 is 1.00 bits per heavy atom. The molecule has 4 heteroatoms. The van der Waals surface area contributed by atoms with Crippen LogP contribution in [0.25, 0.3) is 11.1 Å². The van der Waals surface area contributed by atoms with Gasteiger partial charge in [-0.15, -0.1) is 0 Å². The standard InChI is InChI=1S/C26H32F2O2/c1-3-5-7-8-22-14-13-21(18-30-22)19-9-11-20(12-10-19)23-15-16-24(26(28)25(23)27)29-17-6-4-2/h7-12,15-16,21-22H,3-6,13-14,17-18H2,1-2H3. The van der Waals surface area contributed by atoms with Crippen LogP contribution in [-0.4, -0.2) is 19.3 Å². The van der Waals surface area contributed by atoms with Crippen molar-refractivity contribution in [3.63, 3.8) is 0 Å². The molecule has 30 heavy (non-hydrogen) atoms. The fourth-order valence-corrected chi connectivity index (χ4v) is 3.73. The van der Waals surface area contributed by atoms with Crippen molar-refractivity contribution < 1.29 is 18.3 Å². The monoisotopic (exact) mass is 414 g/mol. The Kier molecular flexibility index (Phi) is 8.44. The minimum Gasteiger partial charge on any atom is -0.490 e. The summed E-state index contributed by atoms with van der Waals surface area (Å²) in [6.07, 6.45) is 10.7. The van der Waals surface area contributed by atoms with Crippen LogP contribution in [0, 0.1) is 11.6 Å². The quantitative estimate of drug-likeness (QED) is 0.314. The highest BCUT2D eigenvalue weighted by molar-refractivity contribution is 5.65. The van der Waals surface area contributed by atoms with E-state index in [2.05, 4.69) is 19.1 Å². The summed E-state index contributed by atoms with van der Waals surface area (Å²) in [6.45, 7) is 5.27. The molecule has 1 saturated heterocycles. The zero-order chi connectivity index (χ0) is 21.3. The largest absolute Gasteiger partial charge is 0.490 e. The number of rotatable bonds is 9. The third-order valence-corrected chi connectivity index (χ3v) is 5.61. The van der Waals surface area contributed by atoms with E-state index in [9.17, 15) is 8.78 Å². The molecule has 2 aromatic carbocycles. The lowest BCUT2D eigenvalue weighted by Crippen LogP contribution is -2.23. The Bertz CT molecular complexity index is 822. The van der Waals surface area contributed by atoms with Gasteiger partial charge in [0.15, 0.2) is 11.6 Å². The lowest BCUT2D eigenvalue weighted by atomic mass is 9.90. The Labute approximate surface area is 178 Å². The second-order valence-electron chi connectivity index (χ2n) is 7.93. The van der Waals surface area contributed by atoms with E-state index in [4.69, 9.17) is 9.47 Å². The lowest BCUT2D eigenvalue weighted by Gasteiger charge is -2.28. The fraction of sp³-hybridized carbons (Fsp3) is 0.462. The van der Waals surface area contributed by atoms with Crippen LogP contribution >= 0.6 is 0 Å². The molecule has 1 fully saturated rings. The van der Waals surface area contributed by atoms with Crippen molar-refractivity contribution in [1.82, 2.24) is 0 Å². The molecule has 2 aromatic rings. The molecule has 0 bridgehead atoms. The van der Waals surface area contributed by atoms with Crippen molar-refractivity contribution in [1.29, 1.82) is 0 Å². The van der Waals surface area contributed by atoms with Crippen LogP contribution in [0.2, 0.25) is 0 Å². The molecular weight excluding hydrogens is 382 g/mol. The number of ether oxygens (including phenoxy) is 2. The number of halogens is 2. The smallest absolute Gasteiger partial charge is 0.201 e. The normalized spacial score (nSPS) is 19.3. The predicted octanol–water partition coefficient (Wildman–Crippen LogP) is 7.43. The van der Waals surface area contributed by atoms with Crippen LogP contribution in [0.4, 0.5) is 8.78 Å². The highest BCUT2D eigenvalue weighted by Gasteiger charge is 2.22. The van der Waals surface area contributed by atoms with Gasteiger partial charge in [-0.3, -0.25) is 0 Å². The first-order valence-corrected chi connectivity index (χ1v) is 11.1. The van der Waals surface area contributed by atoms with Gasteiger partial charge in [-0.05, 0) is 48.9 Å². The maximum absolute atomic E-state index is 14.6. The van der Waals surface area contributed by atoms with E-state index in [0.717, 1.165) is 38.5 Å². The number of unbranched alkanes of at least 4 members (excludes halogenated alkanes) is 2. The topological polar surface area (TPSA) is 18.5 Å². The van der Waals surface area contributed by atoms with Gasteiger partial charge in [0, 0.05) is 11.5 Å². The first kappa shape index (κ1) is 22.5. The summed E-state index contributed by atoms with van der Waals surface area (Å²) in [7, 11) is 0. The van der Waals surface area contributed by atoms with Gasteiger partial charge < -0.3 is 9.47 Å². The van der Waals surface area contributed by atoms with Gasteiger partial charge in [0.1, 0.15) is 0 Å². The fourth-order valence-electron chi connectivity index (χ4n) is 3.73. The molecule has 2 unspecified atom stereocenters. The molecule has 0 radical (unpaired) electrons. The van der Waals surface area contributed by atoms with Gasteiger partial charge in [-0.25, -0.2) is 4.39 Å². The highest BCUT2D eigenvalue weighted by atomic mass is 19.2. The number of hydrogen-bond donors (Lipinski definition) is 0. The van der Waals surface area contributed by atoms with E-state index in [-0.39, 0.29) is 17.4 Å². The first-order valence-electron chi connectivity index (χ1n) is 11.1. The van der Waals surface area contributed by atoms with E-state index in [0.29, 0.717) is 24.7 Å². The Morgan fingerprint density at radius 3 is 2.47 bits per heavy atom. The van der Waals surface area contributed by atoms with Crippen molar-refractivity contribution in [2.45, 2.75) is 64.4 Å². The van der Waals surface area contributed by atoms with Crippen LogP contribution in [0.5, 0.6) is 5.75 Å². The minimum atomic E-state index is -0.921. The molecule has 1 aliphatic rings. The summed E-state index contributed by atoms with van der Waals surface area (Å²) < 4.78 is 40.3. The molecular formula is C26H32F2O2. The summed E-state index contributed by atoms with van der Waals surface area (Å²) >= 11 is 0. The van der Waals surface area contributed by atoms with Crippen LogP contribution in [-0.2, 0) is 4.74 Å². The molecule has 1 aliphatic heterocycles. The molecule has 0 saturated carbocycles. The lowest BCUT2D eigenvalue weighted by molar-refractivity contribution is 0.0326. The zero-order valence-electron chi connectivity index (χ0n) is 18.0. The highest BCUT2D eigenvalue weighted by Crippen LogP contribution is 2.33. The molecule has 0 amide bonds. The summed E-state index contributed by atoms with van der Waals surface area (Å²) in [4.78, 5) is 0. The Balaban J connectivity index is 1.64. The number of allylic oxidation sites excluding steroid dienone is 1. The van der Waals surface area contributed by atoms with Crippen LogP contribution in [0.15, 0.2) is 48.6 Å².